The number of nitrogens with one attached hydrogen (secondary N) is 1. The van der Waals surface area contributed by atoms with Gasteiger partial charge < -0.3 is 26.0 Å². The van der Waals surface area contributed by atoms with E-state index in [4.69, 9.17) is 10.5 Å². The first-order valence-corrected chi connectivity index (χ1v) is 11.3. The van der Waals surface area contributed by atoms with E-state index in [1.54, 1.807) is 30.3 Å². The summed E-state index contributed by atoms with van der Waals surface area (Å²) in [5, 5.41) is 21.5. The lowest BCUT2D eigenvalue weighted by Crippen LogP contribution is -2.41. The van der Waals surface area contributed by atoms with Crippen LogP contribution in [0.5, 0.6) is 11.5 Å². The standard InChI is InChI=1S/C27H30N2O5/c28-23-15-12-21(18-25(23)34-17-5-4-8-20-9-13-22(30)14-10-20)26(31)29-24(27(32)33)16-11-19-6-2-1-3-7-19/h1-3,6-7,9-10,12-15,18,24,30H,4-5,8,11,16-17,28H2,(H,29,31)(H,32,33). The van der Waals surface area contributed by atoms with Gasteiger partial charge in [-0.25, -0.2) is 4.79 Å². The molecule has 0 aliphatic carbocycles. The number of hydrogen-bond donors (Lipinski definition) is 4. The second-order valence-corrected chi connectivity index (χ2v) is 8.11. The number of ether oxygens (including phenoxy) is 1. The lowest BCUT2D eigenvalue weighted by atomic mass is 10.0. The molecule has 0 heterocycles. The molecule has 0 saturated heterocycles. The Morgan fingerprint density at radius 2 is 1.62 bits per heavy atom. The van der Waals surface area contributed by atoms with E-state index in [-0.39, 0.29) is 12.2 Å². The third-order valence-corrected chi connectivity index (χ3v) is 5.50. The molecule has 0 aliphatic rings. The Balaban J connectivity index is 1.51. The molecule has 0 aliphatic heterocycles. The zero-order valence-corrected chi connectivity index (χ0v) is 18.9. The van der Waals surface area contributed by atoms with Crippen LogP contribution in [0.4, 0.5) is 5.69 Å². The summed E-state index contributed by atoms with van der Waals surface area (Å²) in [5.41, 5.74) is 8.84. The minimum absolute atomic E-state index is 0.248. The number of anilines is 1. The van der Waals surface area contributed by atoms with Crippen LogP contribution in [0, 0.1) is 0 Å². The number of rotatable bonds is 12. The molecule has 3 rings (SSSR count). The Hall–Kier alpha value is -4.00. The van der Waals surface area contributed by atoms with Crippen molar-refractivity contribution >= 4 is 17.6 Å². The summed E-state index contributed by atoms with van der Waals surface area (Å²) in [6.45, 7) is 0.433. The first-order valence-electron chi connectivity index (χ1n) is 11.3. The van der Waals surface area contributed by atoms with E-state index >= 15 is 0 Å². The van der Waals surface area contributed by atoms with E-state index in [1.165, 1.54) is 0 Å². The maximum atomic E-state index is 12.7. The highest BCUT2D eigenvalue weighted by atomic mass is 16.5. The highest BCUT2D eigenvalue weighted by Crippen LogP contribution is 2.23. The van der Waals surface area contributed by atoms with Gasteiger partial charge in [0.15, 0.2) is 0 Å². The molecule has 34 heavy (non-hydrogen) atoms. The van der Waals surface area contributed by atoms with Crippen molar-refractivity contribution in [1.29, 1.82) is 0 Å². The number of nitrogens with two attached hydrogens (primary N) is 1. The maximum absolute atomic E-state index is 12.7. The minimum Gasteiger partial charge on any atom is -0.508 e. The number of carbonyl (C=O) groups is 2. The number of carboxylic acid groups (broad SMARTS) is 1. The number of amides is 1. The number of phenolic OH excluding ortho intramolecular Hbond substituents is 1. The molecule has 0 fully saturated rings. The molecule has 1 amide bonds. The molecule has 1 unspecified atom stereocenters. The SMILES string of the molecule is Nc1ccc(C(=O)NC(CCc2ccccc2)C(=O)O)cc1OCCCCc1ccc(O)cc1. The molecule has 0 spiro atoms. The molecule has 0 bridgehead atoms. The monoisotopic (exact) mass is 462 g/mol. The average molecular weight is 463 g/mol. The van der Waals surface area contributed by atoms with E-state index in [9.17, 15) is 19.8 Å². The van der Waals surface area contributed by atoms with Crippen LogP contribution in [-0.4, -0.2) is 34.7 Å². The molecule has 7 heteroatoms. The van der Waals surface area contributed by atoms with E-state index in [2.05, 4.69) is 5.32 Å². The summed E-state index contributed by atoms with van der Waals surface area (Å²) in [7, 11) is 0. The number of phenols is 1. The fourth-order valence-corrected chi connectivity index (χ4v) is 3.53. The molecular formula is C27H30N2O5. The van der Waals surface area contributed by atoms with Gasteiger partial charge in [0.25, 0.3) is 5.91 Å². The average Bonchev–Trinajstić information content (AvgIpc) is 2.84. The summed E-state index contributed by atoms with van der Waals surface area (Å²) >= 11 is 0. The van der Waals surface area contributed by atoms with Gasteiger partial charge in [0, 0.05) is 5.56 Å². The smallest absolute Gasteiger partial charge is 0.326 e. The number of aliphatic carboxylic acids is 1. The van der Waals surface area contributed by atoms with Gasteiger partial charge >= 0.3 is 5.97 Å². The van der Waals surface area contributed by atoms with Gasteiger partial charge in [-0.15, -0.1) is 0 Å². The van der Waals surface area contributed by atoms with Gasteiger partial charge in [0.1, 0.15) is 17.5 Å². The Morgan fingerprint density at radius 1 is 0.912 bits per heavy atom. The molecule has 0 aromatic heterocycles. The van der Waals surface area contributed by atoms with E-state index in [0.717, 1.165) is 30.4 Å². The van der Waals surface area contributed by atoms with Crippen LogP contribution < -0.4 is 15.8 Å². The summed E-state index contributed by atoms with van der Waals surface area (Å²) in [6, 6.07) is 20.3. The molecule has 1 atom stereocenters. The number of unbranched alkanes of at least 4 members (excludes halogenated alkanes) is 1. The highest BCUT2D eigenvalue weighted by molar-refractivity contribution is 5.97. The summed E-state index contributed by atoms with van der Waals surface area (Å²) in [4.78, 5) is 24.4. The van der Waals surface area contributed by atoms with Crippen molar-refractivity contribution in [1.82, 2.24) is 5.32 Å². The van der Waals surface area contributed by atoms with E-state index in [0.29, 0.717) is 30.0 Å². The second kappa shape index (κ2) is 12.3. The van der Waals surface area contributed by atoms with Gasteiger partial charge in [0.05, 0.1) is 12.3 Å². The summed E-state index contributed by atoms with van der Waals surface area (Å²) in [6.07, 6.45) is 3.37. The predicted octanol–water partition coefficient (Wildman–Crippen LogP) is 4.19. The molecule has 7 nitrogen and oxygen atoms in total. The maximum Gasteiger partial charge on any atom is 0.326 e. The van der Waals surface area contributed by atoms with Crippen LogP contribution in [0.3, 0.4) is 0 Å². The van der Waals surface area contributed by atoms with Crippen LogP contribution in [-0.2, 0) is 17.6 Å². The molecule has 3 aromatic carbocycles. The van der Waals surface area contributed by atoms with Crippen LogP contribution >= 0.6 is 0 Å². The van der Waals surface area contributed by atoms with Crippen molar-refractivity contribution < 1.29 is 24.5 Å². The van der Waals surface area contributed by atoms with Gasteiger partial charge in [-0.3, -0.25) is 4.79 Å². The largest absolute Gasteiger partial charge is 0.508 e. The fourth-order valence-electron chi connectivity index (χ4n) is 3.53. The van der Waals surface area contributed by atoms with Crippen molar-refractivity contribution in [3.63, 3.8) is 0 Å². The Bertz CT molecular complexity index is 1080. The number of hydrogen-bond acceptors (Lipinski definition) is 5. The predicted molar refractivity (Wildman–Crippen MR) is 131 cm³/mol. The van der Waals surface area contributed by atoms with Gasteiger partial charge in [0.2, 0.25) is 0 Å². The van der Waals surface area contributed by atoms with Crippen LogP contribution in [0.1, 0.15) is 40.7 Å². The summed E-state index contributed by atoms with van der Waals surface area (Å²) in [5.74, 6) is -0.923. The number of carbonyl (C=O) groups excluding carboxylic acids is 1. The first kappa shape index (κ1) is 24.6. The van der Waals surface area contributed by atoms with Gasteiger partial charge in [-0.1, -0.05) is 42.5 Å². The lowest BCUT2D eigenvalue weighted by Gasteiger charge is -2.16. The Kier molecular flexibility index (Phi) is 8.91. The fraction of sp³-hybridized carbons (Fsp3) is 0.259. The summed E-state index contributed by atoms with van der Waals surface area (Å²) < 4.78 is 5.78. The van der Waals surface area contributed by atoms with E-state index < -0.39 is 17.9 Å². The van der Waals surface area contributed by atoms with Crippen molar-refractivity contribution in [2.45, 2.75) is 38.1 Å². The Morgan fingerprint density at radius 3 is 2.32 bits per heavy atom. The topological polar surface area (TPSA) is 122 Å². The quantitative estimate of drug-likeness (QED) is 0.236. The molecule has 3 aromatic rings. The number of benzene rings is 3. The number of aryl methyl sites for hydroxylation is 2. The third kappa shape index (κ3) is 7.55. The van der Waals surface area contributed by atoms with Gasteiger partial charge in [-0.05, 0) is 73.6 Å². The number of aromatic hydroxyl groups is 1. The molecule has 0 saturated carbocycles. The highest BCUT2D eigenvalue weighted by Gasteiger charge is 2.21. The third-order valence-electron chi connectivity index (χ3n) is 5.50. The van der Waals surface area contributed by atoms with Crippen molar-refractivity contribution in [3.05, 3.63) is 89.5 Å². The van der Waals surface area contributed by atoms with E-state index in [1.807, 2.05) is 42.5 Å². The van der Waals surface area contributed by atoms with Crippen molar-refractivity contribution in [3.8, 4) is 11.5 Å². The van der Waals surface area contributed by atoms with Crippen LogP contribution in [0.2, 0.25) is 0 Å². The number of carboxylic acids is 1. The second-order valence-electron chi connectivity index (χ2n) is 8.11. The first-order chi connectivity index (χ1) is 16.4. The number of nitrogen functional groups attached to an aromatic ring is 1. The molecule has 5 N–H and O–H groups in total. The van der Waals surface area contributed by atoms with Crippen LogP contribution in [0.15, 0.2) is 72.8 Å². The molecular weight excluding hydrogens is 432 g/mol. The zero-order valence-electron chi connectivity index (χ0n) is 18.9. The van der Waals surface area contributed by atoms with Crippen molar-refractivity contribution in [2.24, 2.45) is 0 Å². The van der Waals surface area contributed by atoms with Gasteiger partial charge in [-0.2, -0.15) is 0 Å². The van der Waals surface area contributed by atoms with Crippen molar-refractivity contribution in [2.75, 3.05) is 12.3 Å². The Labute approximate surface area is 199 Å². The zero-order chi connectivity index (χ0) is 24.3. The normalized spacial score (nSPS) is 11.5. The lowest BCUT2D eigenvalue weighted by molar-refractivity contribution is -0.139. The van der Waals surface area contributed by atoms with Crippen LogP contribution in [0.25, 0.3) is 0 Å². The minimum atomic E-state index is -1.08. The molecule has 178 valence electrons. The molecule has 0 radical (unpaired) electrons.